The number of para-hydroxylation sites is 1. The maximum atomic E-state index is 13.0. The lowest BCUT2D eigenvalue weighted by Gasteiger charge is -2.26. The SMILES string of the molecule is CCN1/C(=C/C=C2\CCCC(/C=C/C3=[N+](CCCCN4C(=O)c5ccccc5C4=O)c4ccc5ccccc5c4C3(C)C)=C2Cl)C(C)(C)c2ccccc21.[Br-]. The zero-order chi connectivity index (χ0) is 37.8. The minimum absolute atomic E-state index is 0. The van der Waals surface area contributed by atoms with Crippen molar-refractivity contribution in [3.63, 3.8) is 0 Å². The lowest BCUT2D eigenvalue weighted by Crippen LogP contribution is -3.00. The van der Waals surface area contributed by atoms with Crippen LogP contribution in [0, 0.1) is 0 Å². The number of fused-ring (bicyclic) bond motifs is 5. The molecule has 55 heavy (non-hydrogen) atoms. The van der Waals surface area contributed by atoms with Gasteiger partial charge in [-0.05, 0) is 104 Å². The molecule has 1 aliphatic carbocycles. The minimum Gasteiger partial charge on any atom is -1.00 e. The van der Waals surface area contributed by atoms with Gasteiger partial charge >= 0.3 is 0 Å². The van der Waals surface area contributed by atoms with Gasteiger partial charge in [0.15, 0.2) is 5.71 Å². The van der Waals surface area contributed by atoms with Crippen molar-refractivity contribution in [3.05, 3.63) is 153 Å². The molecule has 8 rings (SSSR count). The van der Waals surface area contributed by atoms with E-state index in [9.17, 15) is 9.59 Å². The fraction of sp³-hybridized carbons (Fsp3) is 0.312. The highest BCUT2D eigenvalue weighted by Crippen LogP contribution is 2.48. The van der Waals surface area contributed by atoms with Gasteiger partial charge in [0.2, 0.25) is 5.69 Å². The Balaban J connectivity index is 0.00000465. The third kappa shape index (κ3) is 6.55. The number of amides is 2. The molecule has 0 fully saturated rings. The summed E-state index contributed by atoms with van der Waals surface area (Å²) in [7, 11) is 0. The Bertz CT molecular complexity index is 2340. The van der Waals surface area contributed by atoms with Gasteiger partial charge in [0, 0.05) is 59.0 Å². The highest BCUT2D eigenvalue weighted by molar-refractivity contribution is 6.32. The van der Waals surface area contributed by atoms with E-state index in [-0.39, 0.29) is 39.6 Å². The van der Waals surface area contributed by atoms with E-state index >= 15 is 0 Å². The zero-order valence-corrected chi connectivity index (χ0v) is 34.8. The van der Waals surface area contributed by atoms with Crippen LogP contribution < -0.4 is 21.9 Å². The fourth-order valence-corrected chi connectivity index (χ4v) is 9.62. The Morgan fingerprint density at radius 2 is 1.45 bits per heavy atom. The maximum Gasteiger partial charge on any atom is 0.261 e. The molecule has 4 aliphatic rings. The zero-order valence-electron chi connectivity index (χ0n) is 32.5. The van der Waals surface area contributed by atoms with Gasteiger partial charge in [-0.25, -0.2) is 0 Å². The number of anilines is 1. The molecule has 4 aromatic carbocycles. The average molecular weight is 815 g/mol. The van der Waals surface area contributed by atoms with E-state index in [1.165, 1.54) is 60.7 Å². The Hall–Kier alpha value is -4.52. The van der Waals surface area contributed by atoms with Crippen LogP contribution in [0.2, 0.25) is 0 Å². The molecule has 0 spiro atoms. The lowest BCUT2D eigenvalue weighted by atomic mass is 9.79. The van der Waals surface area contributed by atoms with Gasteiger partial charge in [-0.3, -0.25) is 14.5 Å². The van der Waals surface area contributed by atoms with Gasteiger partial charge in [0.1, 0.15) is 6.54 Å². The van der Waals surface area contributed by atoms with Crippen molar-refractivity contribution >= 4 is 51.3 Å². The maximum absolute atomic E-state index is 13.0. The number of unbranched alkanes of at least 4 members (excludes halogenated alkanes) is 1. The van der Waals surface area contributed by atoms with Crippen LogP contribution in [0.1, 0.15) is 98.6 Å². The minimum atomic E-state index is -0.257. The van der Waals surface area contributed by atoms with Gasteiger partial charge in [0.05, 0.1) is 16.5 Å². The molecule has 0 unspecified atom stereocenters. The molecule has 0 radical (unpaired) electrons. The summed E-state index contributed by atoms with van der Waals surface area (Å²) in [5.41, 5.74) is 10.8. The quantitative estimate of drug-likeness (QED) is 0.0974. The van der Waals surface area contributed by atoms with Gasteiger partial charge < -0.3 is 21.9 Å². The van der Waals surface area contributed by atoms with Crippen molar-refractivity contribution in [3.8, 4) is 0 Å². The highest BCUT2D eigenvalue weighted by atomic mass is 79.9. The summed E-state index contributed by atoms with van der Waals surface area (Å²) in [6.45, 7) is 13.6. The average Bonchev–Trinajstić information content (AvgIpc) is 3.65. The number of imide groups is 1. The fourth-order valence-electron chi connectivity index (χ4n) is 9.31. The van der Waals surface area contributed by atoms with E-state index < -0.39 is 0 Å². The van der Waals surface area contributed by atoms with Crippen molar-refractivity contribution < 1.29 is 31.1 Å². The molecule has 7 heteroatoms. The van der Waals surface area contributed by atoms with Crippen LogP contribution in [0.4, 0.5) is 11.4 Å². The number of nitrogens with zero attached hydrogens (tertiary/aromatic N) is 3. The number of hydrogen-bond donors (Lipinski definition) is 0. The monoisotopic (exact) mass is 813 g/mol. The second-order valence-corrected chi connectivity index (χ2v) is 16.4. The summed E-state index contributed by atoms with van der Waals surface area (Å²) in [5.74, 6) is -0.376. The Labute approximate surface area is 341 Å². The summed E-state index contributed by atoms with van der Waals surface area (Å²) in [6.07, 6.45) is 13.6. The largest absolute Gasteiger partial charge is 1.00 e. The number of carbonyl (C=O) groups excluding carboxylic acids is 2. The van der Waals surface area contributed by atoms with Crippen molar-refractivity contribution in [2.24, 2.45) is 0 Å². The molecule has 0 aromatic heterocycles. The first-order valence-electron chi connectivity index (χ1n) is 19.5. The van der Waals surface area contributed by atoms with Crippen LogP contribution in [0.25, 0.3) is 10.8 Å². The molecule has 3 heterocycles. The number of hydrogen-bond acceptors (Lipinski definition) is 3. The molecule has 0 atom stereocenters. The van der Waals surface area contributed by atoms with E-state index in [1.54, 1.807) is 12.1 Å². The lowest BCUT2D eigenvalue weighted by molar-refractivity contribution is -0.438. The predicted molar refractivity (Wildman–Crippen MR) is 222 cm³/mol. The van der Waals surface area contributed by atoms with E-state index in [1.807, 2.05) is 12.1 Å². The number of benzene rings is 4. The molecule has 0 saturated carbocycles. The molecule has 282 valence electrons. The number of rotatable bonds is 9. The van der Waals surface area contributed by atoms with Crippen molar-refractivity contribution in [1.29, 1.82) is 0 Å². The standard InChI is InChI=1S/C48H49ClN3O2.BrH/c1-6-50-39-23-12-11-22-38(39)47(2,3)41(50)28-25-33-17-15-18-34(44(33)49)26-29-42-48(4,5)43-35-19-8-7-16-32(35)24-27-40(43)51(42)30-13-14-31-52-45(53)36-20-9-10-21-37(36)46(52)54;/h7-12,16,19-29H,6,13-15,17-18,30-31H2,1-5H3;1H/q+1;/p-1. The van der Waals surface area contributed by atoms with Crippen LogP contribution in [0.15, 0.2) is 131 Å². The molecule has 5 nitrogen and oxygen atoms in total. The van der Waals surface area contributed by atoms with Gasteiger partial charge in [-0.1, -0.05) is 92.2 Å². The Morgan fingerprint density at radius 1 is 0.764 bits per heavy atom. The highest BCUT2D eigenvalue weighted by Gasteiger charge is 2.45. The molecule has 3 aliphatic heterocycles. The van der Waals surface area contributed by atoms with Gasteiger partial charge in [-0.15, -0.1) is 0 Å². The summed E-state index contributed by atoms with van der Waals surface area (Å²) in [4.78, 5) is 29.9. The second-order valence-electron chi connectivity index (χ2n) is 16.0. The summed E-state index contributed by atoms with van der Waals surface area (Å²) in [6, 6.07) is 29.0. The number of likely N-dealkylation sites (N-methyl/N-ethyl adjacent to an activating group) is 1. The predicted octanol–water partition coefficient (Wildman–Crippen LogP) is 8.16. The summed E-state index contributed by atoms with van der Waals surface area (Å²) < 4.78 is 2.46. The third-order valence-corrected chi connectivity index (χ3v) is 12.6. The molecule has 0 N–H and O–H groups in total. The second kappa shape index (κ2) is 15.2. The van der Waals surface area contributed by atoms with E-state index in [0.29, 0.717) is 17.7 Å². The van der Waals surface area contributed by atoms with Gasteiger partial charge in [-0.2, -0.15) is 4.58 Å². The first-order valence-corrected chi connectivity index (χ1v) is 19.9. The molecule has 2 amide bonds. The van der Waals surface area contributed by atoms with Crippen LogP contribution >= 0.6 is 11.6 Å². The number of halogens is 2. The molecular formula is C48H49BrClN3O2. The summed E-state index contributed by atoms with van der Waals surface area (Å²) in [5, 5.41) is 3.36. The van der Waals surface area contributed by atoms with Crippen LogP contribution in [-0.2, 0) is 10.8 Å². The van der Waals surface area contributed by atoms with Crippen LogP contribution in [0.5, 0.6) is 0 Å². The van der Waals surface area contributed by atoms with Crippen LogP contribution in [0.3, 0.4) is 0 Å². The van der Waals surface area contributed by atoms with Crippen molar-refractivity contribution in [2.45, 2.75) is 77.6 Å². The smallest absolute Gasteiger partial charge is 0.261 e. The molecule has 0 saturated heterocycles. The number of allylic oxidation sites excluding steroid dienone is 8. The first-order chi connectivity index (χ1) is 26.0. The third-order valence-electron chi connectivity index (χ3n) is 12.1. The topological polar surface area (TPSA) is 43.6 Å². The van der Waals surface area contributed by atoms with E-state index in [2.05, 4.69) is 129 Å². The Kier molecular flexibility index (Phi) is 10.7. The molecule has 4 aromatic rings. The normalized spacial score (nSPS) is 20.0. The van der Waals surface area contributed by atoms with Crippen molar-refractivity contribution in [2.75, 3.05) is 24.5 Å². The van der Waals surface area contributed by atoms with Crippen LogP contribution in [-0.4, -0.2) is 46.6 Å². The Morgan fingerprint density at radius 3 is 2.20 bits per heavy atom. The van der Waals surface area contributed by atoms with E-state index in [4.69, 9.17) is 11.6 Å². The molecule has 0 bridgehead atoms. The summed E-state index contributed by atoms with van der Waals surface area (Å²) >= 11 is 7.28. The van der Waals surface area contributed by atoms with E-state index in [0.717, 1.165) is 50.2 Å². The van der Waals surface area contributed by atoms with Crippen molar-refractivity contribution in [1.82, 2.24) is 4.90 Å². The first kappa shape index (κ1) is 38.7. The molecular weight excluding hydrogens is 766 g/mol. The van der Waals surface area contributed by atoms with Gasteiger partial charge in [0.25, 0.3) is 11.8 Å². The number of carbonyl (C=O) groups is 2.